The minimum absolute atomic E-state index is 0.0781. The average molecular weight is 267 g/mol. The predicted octanol–water partition coefficient (Wildman–Crippen LogP) is 2.00. The van der Waals surface area contributed by atoms with Crippen molar-refractivity contribution in [3.05, 3.63) is 22.4 Å². The topological polar surface area (TPSA) is 57.6 Å². The first-order valence-electron chi connectivity index (χ1n) is 6.20. The van der Waals surface area contributed by atoms with E-state index in [4.69, 9.17) is 5.11 Å². The molecule has 1 aromatic heterocycles. The quantitative estimate of drug-likeness (QED) is 0.907. The molecular formula is C13H17NO3S. The molecule has 1 aliphatic heterocycles. The smallest absolute Gasteiger partial charge is 0.308 e. The number of thiophene rings is 1. The zero-order valence-electron chi connectivity index (χ0n) is 10.2. The van der Waals surface area contributed by atoms with Gasteiger partial charge in [-0.15, -0.1) is 11.3 Å². The van der Waals surface area contributed by atoms with E-state index in [0.29, 0.717) is 25.9 Å². The van der Waals surface area contributed by atoms with Gasteiger partial charge in [0.15, 0.2) is 0 Å². The molecule has 0 aromatic carbocycles. The number of amides is 1. The summed E-state index contributed by atoms with van der Waals surface area (Å²) >= 11 is 1.65. The van der Waals surface area contributed by atoms with Crippen molar-refractivity contribution in [2.24, 2.45) is 5.92 Å². The maximum atomic E-state index is 12.0. The lowest BCUT2D eigenvalue weighted by Crippen LogP contribution is -2.42. The van der Waals surface area contributed by atoms with Crippen LogP contribution in [0.3, 0.4) is 0 Å². The summed E-state index contributed by atoms with van der Waals surface area (Å²) in [6, 6.07) is 4.00. The highest BCUT2D eigenvalue weighted by Gasteiger charge is 2.27. The van der Waals surface area contributed by atoms with E-state index in [1.807, 2.05) is 17.5 Å². The van der Waals surface area contributed by atoms with Gasteiger partial charge in [-0.1, -0.05) is 6.07 Å². The maximum absolute atomic E-state index is 12.0. The first-order chi connectivity index (χ1) is 8.66. The Morgan fingerprint density at radius 1 is 1.50 bits per heavy atom. The van der Waals surface area contributed by atoms with Crippen molar-refractivity contribution in [1.29, 1.82) is 0 Å². The van der Waals surface area contributed by atoms with Crippen LogP contribution in [0.1, 0.15) is 24.1 Å². The molecule has 0 aliphatic carbocycles. The second-order valence-electron chi connectivity index (χ2n) is 4.60. The Morgan fingerprint density at radius 3 is 3.00 bits per heavy atom. The van der Waals surface area contributed by atoms with Crippen molar-refractivity contribution in [3.8, 4) is 0 Å². The minimum atomic E-state index is -0.786. The van der Waals surface area contributed by atoms with E-state index in [0.717, 1.165) is 12.8 Å². The Morgan fingerprint density at radius 2 is 2.33 bits per heavy atom. The lowest BCUT2D eigenvalue weighted by atomic mass is 9.98. The normalized spacial score (nSPS) is 19.8. The fourth-order valence-corrected chi connectivity index (χ4v) is 2.96. The minimum Gasteiger partial charge on any atom is -0.481 e. The summed E-state index contributed by atoms with van der Waals surface area (Å²) in [7, 11) is 0. The van der Waals surface area contributed by atoms with Gasteiger partial charge in [-0.25, -0.2) is 0 Å². The number of nitrogens with zero attached hydrogens (tertiary/aromatic N) is 1. The Bertz CT molecular complexity index is 416. The van der Waals surface area contributed by atoms with Crippen molar-refractivity contribution in [2.45, 2.75) is 25.7 Å². The number of carbonyl (C=O) groups excluding carboxylic acids is 1. The molecule has 0 radical (unpaired) electrons. The number of piperidine rings is 1. The van der Waals surface area contributed by atoms with Gasteiger partial charge in [0.2, 0.25) is 5.91 Å². The van der Waals surface area contributed by atoms with Gasteiger partial charge in [-0.05, 0) is 30.7 Å². The van der Waals surface area contributed by atoms with E-state index in [1.54, 1.807) is 16.2 Å². The Kier molecular flexibility index (Phi) is 4.36. The third kappa shape index (κ3) is 3.32. The van der Waals surface area contributed by atoms with E-state index in [9.17, 15) is 9.59 Å². The first kappa shape index (κ1) is 13.1. The van der Waals surface area contributed by atoms with Crippen LogP contribution >= 0.6 is 11.3 Å². The van der Waals surface area contributed by atoms with Gasteiger partial charge in [0.05, 0.1) is 5.92 Å². The number of hydrogen-bond donors (Lipinski definition) is 1. The van der Waals surface area contributed by atoms with Crippen LogP contribution in [0.4, 0.5) is 0 Å². The number of carboxylic acids is 1. The van der Waals surface area contributed by atoms with Crippen LogP contribution in [0, 0.1) is 5.92 Å². The summed E-state index contributed by atoms with van der Waals surface area (Å²) in [4.78, 5) is 25.8. The van der Waals surface area contributed by atoms with Gasteiger partial charge in [-0.3, -0.25) is 9.59 Å². The Labute approximate surface area is 110 Å². The standard InChI is InChI=1S/C13H17NO3S/c15-12(6-5-11-4-2-8-18-11)14-7-1-3-10(9-14)13(16)17/h2,4,8,10H,1,3,5-7,9H2,(H,16,17)/t10-/m0/s1. The predicted molar refractivity (Wildman–Crippen MR) is 69.6 cm³/mol. The second kappa shape index (κ2) is 6.00. The molecule has 0 saturated carbocycles. The molecule has 98 valence electrons. The van der Waals surface area contributed by atoms with E-state index in [1.165, 1.54) is 4.88 Å². The van der Waals surface area contributed by atoms with Crippen molar-refractivity contribution < 1.29 is 14.7 Å². The van der Waals surface area contributed by atoms with Crippen molar-refractivity contribution in [1.82, 2.24) is 4.90 Å². The Balaban J connectivity index is 1.83. The molecule has 1 aromatic rings. The molecular weight excluding hydrogens is 250 g/mol. The van der Waals surface area contributed by atoms with Crippen LogP contribution < -0.4 is 0 Å². The Hall–Kier alpha value is -1.36. The molecule has 1 saturated heterocycles. The van der Waals surface area contributed by atoms with Crippen LogP contribution in [-0.2, 0) is 16.0 Å². The highest BCUT2D eigenvalue weighted by molar-refractivity contribution is 7.09. The van der Waals surface area contributed by atoms with Crippen LogP contribution in [0.2, 0.25) is 0 Å². The van der Waals surface area contributed by atoms with Gasteiger partial charge in [-0.2, -0.15) is 0 Å². The molecule has 4 nitrogen and oxygen atoms in total. The van der Waals surface area contributed by atoms with Crippen LogP contribution in [0.25, 0.3) is 0 Å². The number of aliphatic carboxylic acids is 1. The first-order valence-corrected chi connectivity index (χ1v) is 7.08. The van der Waals surface area contributed by atoms with Gasteiger partial charge < -0.3 is 10.0 Å². The van der Waals surface area contributed by atoms with Gasteiger partial charge >= 0.3 is 5.97 Å². The number of carbonyl (C=O) groups is 2. The molecule has 18 heavy (non-hydrogen) atoms. The van der Waals surface area contributed by atoms with E-state index in [-0.39, 0.29) is 11.8 Å². The molecule has 2 rings (SSSR count). The number of aryl methyl sites for hydroxylation is 1. The zero-order chi connectivity index (χ0) is 13.0. The summed E-state index contributed by atoms with van der Waals surface area (Å²) in [5, 5.41) is 11.0. The van der Waals surface area contributed by atoms with Crippen molar-refractivity contribution in [2.75, 3.05) is 13.1 Å². The molecule has 5 heteroatoms. The summed E-state index contributed by atoms with van der Waals surface area (Å²) in [6.07, 6.45) is 2.71. The number of carboxylic acid groups (broad SMARTS) is 1. The monoisotopic (exact) mass is 267 g/mol. The second-order valence-corrected chi connectivity index (χ2v) is 5.63. The molecule has 0 bridgehead atoms. The zero-order valence-corrected chi connectivity index (χ0v) is 11.0. The average Bonchev–Trinajstić information content (AvgIpc) is 2.89. The third-order valence-corrected chi connectivity index (χ3v) is 4.22. The number of rotatable bonds is 4. The molecule has 1 N–H and O–H groups in total. The molecule has 2 heterocycles. The fraction of sp³-hybridized carbons (Fsp3) is 0.538. The third-order valence-electron chi connectivity index (χ3n) is 3.29. The van der Waals surface area contributed by atoms with E-state index < -0.39 is 5.97 Å². The van der Waals surface area contributed by atoms with E-state index in [2.05, 4.69) is 0 Å². The van der Waals surface area contributed by atoms with Gasteiger partial charge in [0, 0.05) is 24.4 Å². The molecule has 1 fully saturated rings. The van der Waals surface area contributed by atoms with Gasteiger partial charge in [0.25, 0.3) is 0 Å². The lowest BCUT2D eigenvalue weighted by Gasteiger charge is -2.30. The summed E-state index contributed by atoms with van der Waals surface area (Å²) in [5.74, 6) is -1.09. The van der Waals surface area contributed by atoms with Crippen LogP contribution in [0.5, 0.6) is 0 Å². The maximum Gasteiger partial charge on any atom is 0.308 e. The summed E-state index contributed by atoms with van der Waals surface area (Å²) < 4.78 is 0. The summed E-state index contributed by atoms with van der Waals surface area (Å²) in [5.41, 5.74) is 0. The molecule has 0 spiro atoms. The molecule has 1 amide bonds. The highest BCUT2D eigenvalue weighted by Crippen LogP contribution is 2.18. The molecule has 1 atom stereocenters. The van der Waals surface area contributed by atoms with E-state index >= 15 is 0 Å². The van der Waals surface area contributed by atoms with Crippen molar-refractivity contribution >= 4 is 23.2 Å². The van der Waals surface area contributed by atoms with Crippen LogP contribution in [0.15, 0.2) is 17.5 Å². The van der Waals surface area contributed by atoms with Crippen molar-refractivity contribution in [3.63, 3.8) is 0 Å². The van der Waals surface area contributed by atoms with Gasteiger partial charge in [0.1, 0.15) is 0 Å². The summed E-state index contributed by atoms with van der Waals surface area (Å²) in [6.45, 7) is 1.08. The SMILES string of the molecule is O=C(O)[C@H]1CCCN(C(=O)CCc2cccs2)C1. The molecule has 0 unspecified atom stereocenters. The molecule has 1 aliphatic rings. The largest absolute Gasteiger partial charge is 0.481 e. The fourth-order valence-electron chi connectivity index (χ4n) is 2.25. The highest BCUT2D eigenvalue weighted by atomic mass is 32.1. The number of likely N-dealkylation sites (tertiary alicyclic amines) is 1. The van der Waals surface area contributed by atoms with Crippen LogP contribution in [-0.4, -0.2) is 35.0 Å². The number of hydrogen-bond acceptors (Lipinski definition) is 3. The lowest BCUT2D eigenvalue weighted by molar-refractivity contribution is -0.145.